The third kappa shape index (κ3) is 18.6. The molecular weight excluding hydrogens is 1330 g/mol. The van der Waals surface area contributed by atoms with Crippen molar-refractivity contribution in [1.29, 1.82) is 0 Å². The van der Waals surface area contributed by atoms with Crippen LogP contribution in [0.2, 0.25) is 0 Å². The van der Waals surface area contributed by atoms with Gasteiger partial charge in [-0.25, -0.2) is 5.26 Å². The van der Waals surface area contributed by atoms with Gasteiger partial charge in [0.15, 0.2) is 11.5 Å². The Hall–Kier alpha value is -7.26. The van der Waals surface area contributed by atoms with E-state index < -0.39 is 184 Å². The smallest absolute Gasteiger partial charge is 0.261 e. The number of aliphatic hydroxyl groups excluding tert-OH is 8. The Bertz CT molecular complexity index is 3400. The van der Waals surface area contributed by atoms with Crippen LogP contribution in [0.25, 0.3) is 21.1 Å². The maximum atomic E-state index is 15.0. The molecule has 16 N–H and O–H groups in total. The van der Waals surface area contributed by atoms with E-state index in [1.807, 2.05) is 19.2 Å². The second-order valence-electron chi connectivity index (χ2n) is 26.0. The second-order valence-corrected chi connectivity index (χ2v) is 27.4. The Morgan fingerprint density at radius 1 is 0.768 bits per heavy atom. The predicted octanol–water partition coefficient (Wildman–Crippen LogP) is -1.21. The van der Waals surface area contributed by atoms with E-state index in [0.717, 1.165) is 60.0 Å². The van der Waals surface area contributed by atoms with Crippen LogP contribution in [0, 0.1) is 11.8 Å². The molecule has 1 aliphatic carbocycles. The zero-order chi connectivity index (χ0) is 71.2. The molecule has 0 radical (unpaired) electrons. The highest BCUT2D eigenvalue weighted by Crippen LogP contribution is 2.43. The van der Waals surface area contributed by atoms with Gasteiger partial charge in [-0.3, -0.25) is 33.6 Å². The van der Waals surface area contributed by atoms with Crippen LogP contribution in [0.15, 0.2) is 66.7 Å². The lowest BCUT2D eigenvalue weighted by Gasteiger charge is -2.47. The van der Waals surface area contributed by atoms with Gasteiger partial charge in [0, 0.05) is 87.4 Å². The van der Waals surface area contributed by atoms with E-state index in [1.165, 1.54) is 74.6 Å². The van der Waals surface area contributed by atoms with Gasteiger partial charge < -0.3 is 101 Å². The average molecular weight is 1420 g/mol. The number of nitrogens with one attached hydrogen (secondary N) is 6. The summed E-state index contributed by atoms with van der Waals surface area (Å²) in [5, 5.41) is 136. The first kappa shape index (κ1) is 75.9. The minimum absolute atomic E-state index is 0.0183. The average Bonchev–Trinajstić information content (AvgIpc) is 1.75. The zero-order valence-corrected chi connectivity index (χ0v) is 56.6. The summed E-state index contributed by atoms with van der Waals surface area (Å²) in [6.45, 7) is 1.47. The molecule has 5 heterocycles. The molecule has 32 nitrogen and oxygen atoms in total. The molecule has 13 atom stereocenters. The lowest BCUT2D eigenvalue weighted by atomic mass is 9.72. The summed E-state index contributed by atoms with van der Waals surface area (Å²) >= 11 is 1.40. The van der Waals surface area contributed by atoms with Gasteiger partial charge in [0.2, 0.25) is 35.4 Å². The Balaban J connectivity index is 0.967. The number of phenolic OH excluding ortho intramolecular Hbond substituents is 1. The molecule has 1 aromatic heterocycles. The predicted molar refractivity (Wildman–Crippen MR) is 355 cm³/mol. The number of methoxy groups -OCH3 is 1. The van der Waals surface area contributed by atoms with E-state index in [1.54, 1.807) is 12.1 Å². The Morgan fingerprint density at radius 3 is 2.04 bits per heavy atom. The number of hydrogen-bond acceptors (Lipinski definition) is 27. The maximum absolute atomic E-state index is 15.0. The van der Waals surface area contributed by atoms with Crippen molar-refractivity contribution in [3.05, 3.63) is 77.9 Å². The van der Waals surface area contributed by atoms with Crippen LogP contribution in [0.5, 0.6) is 11.5 Å². The van der Waals surface area contributed by atoms with Crippen LogP contribution in [0.4, 0.5) is 5.69 Å². The van der Waals surface area contributed by atoms with Crippen LogP contribution in [-0.2, 0) is 49.3 Å². The number of nitrogens with zero attached hydrogens (tertiary/aromatic N) is 5. The number of rotatable bonds is 22. The van der Waals surface area contributed by atoms with Crippen LogP contribution in [-0.4, -0.2) is 257 Å². The van der Waals surface area contributed by atoms with Crippen LogP contribution in [0.3, 0.4) is 0 Å². The summed E-state index contributed by atoms with van der Waals surface area (Å²) < 4.78 is 15.6. The van der Waals surface area contributed by atoms with Crippen LogP contribution >= 0.6 is 23.7 Å². The van der Waals surface area contributed by atoms with E-state index in [2.05, 4.69) is 68.5 Å². The van der Waals surface area contributed by atoms with Crippen molar-refractivity contribution in [1.82, 2.24) is 51.9 Å². The fourth-order valence-electron chi connectivity index (χ4n) is 13.7. The molecule has 5 fully saturated rings. The number of hydrogen-bond donors (Lipinski definition) is 16. The molecule has 0 bridgehead atoms. The van der Waals surface area contributed by atoms with E-state index in [9.17, 15) is 74.7 Å². The molecule has 99 heavy (non-hydrogen) atoms. The normalized spacial score (nSPS) is 26.5. The van der Waals surface area contributed by atoms with Crippen molar-refractivity contribution in [2.24, 2.45) is 11.8 Å². The molecule has 4 aliphatic heterocycles. The highest BCUT2D eigenvalue weighted by Gasteiger charge is 2.50. The molecule has 1 saturated carbocycles. The summed E-state index contributed by atoms with van der Waals surface area (Å²) in [6, 6.07) is 5.57. The molecule has 0 unspecified atom stereocenters. The highest BCUT2D eigenvalue weighted by atomic mass is 32.2. The number of amides is 7. The number of phenols is 1. The minimum Gasteiger partial charge on any atom is -0.504 e. The SMILES string of the molecule is COC1(C2CCCCC2)CCN(c2ccc(-c3nnc(-c4ccc(C(=O)N[C@H]5C[C@@H](O)CNC(=O)[C@@H]6[C@@H](O)[C@@H](C)CN6C(=O)[C@H]([C@H](O)CCNC(CO)CO)NC(=O)[C@H]([C@H](O)Cc6ccc(O)c(OSOOO)c6)NC(=O)[C@@H]6C[C@@H](O)CN6C(=O)[C@H]([C@@H](C)O)NC5=O)cc4)s3)cc2)CC1. The van der Waals surface area contributed by atoms with Gasteiger partial charge in [-0.1, -0.05) is 65.1 Å². The number of carbonyl (C=O) groups is 7. The van der Waals surface area contributed by atoms with Gasteiger partial charge >= 0.3 is 0 Å². The first-order chi connectivity index (χ1) is 47.5. The number of aliphatic hydroxyl groups is 8. The van der Waals surface area contributed by atoms with Gasteiger partial charge in [0.05, 0.1) is 61.5 Å². The molecule has 542 valence electrons. The number of aromatic nitrogens is 2. The summed E-state index contributed by atoms with van der Waals surface area (Å²) in [5.74, 6) is -9.01. The van der Waals surface area contributed by atoms with E-state index >= 15 is 4.79 Å². The molecule has 5 aliphatic rings. The number of carbonyl (C=O) groups excluding carboxylic acids is 7. The Labute approximate surface area is 579 Å². The molecule has 4 saturated heterocycles. The number of aromatic hydroxyl groups is 1. The van der Waals surface area contributed by atoms with Crippen molar-refractivity contribution in [3.63, 3.8) is 0 Å². The molecular formula is C65H89N11O21S2. The van der Waals surface area contributed by atoms with Gasteiger partial charge in [-0.15, -0.1) is 10.2 Å². The van der Waals surface area contributed by atoms with Crippen molar-refractivity contribution in [2.45, 2.75) is 169 Å². The number of piperidine rings is 1. The number of β-amino-alcohol motifs (C(OH)–C–C–N with tert-alkyl or cyclic N) is 1. The van der Waals surface area contributed by atoms with Crippen LogP contribution < -0.4 is 41.0 Å². The Kier molecular flexibility index (Phi) is 26.8. The summed E-state index contributed by atoms with van der Waals surface area (Å²) in [6.07, 6.45) is -4.51. The van der Waals surface area contributed by atoms with Gasteiger partial charge in [-0.2, -0.15) is 0 Å². The first-order valence-electron chi connectivity index (χ1n) is 33.1. The Morgan fingerprint density at radius 2 is 1.40 bits per heavy atom. The lowest BCUT2D eigenvalue weighted by Crippen LogP contribution is -2.64. The highest BCUT2D eigenvalue weighted by molar-refractivity contribution is 7.90. The quantitative estimate of drug-likeness (QED) is 0.0190. The van der Waals surface area contributed by atoms with Crippen molar-refractivity contribution >= 4 is 70.7 Å². The first-order valence-corrected chi connectivity index (χ1v) is 34.6. The molecule has 0 spiro atoms. The lowest BCUT2D eigenvalue weighted by molar-refractivity contribution is -0.433. The largest absolute Gasteiger partial charge is 0.504 e. The topological polar surface area (TPSA) is 466 Å². The number of ether oxygens (including phenoxy) is 1. The van der Waals surface area contributed by atoms with Crippen molar-refractivity contribution in [3.8, 4) is 32.6 Å². The zero-order valence-electron chi connectivity index (χ0n) is 55.0. The number of anilines is 1. The van der Waals surface area contributed by atoms with Crippen molar-refractivity contribution in [2.75, 3.05) is 64.5 Å². The number of fused-ring (bicyclic) bond motifs is 2. The van der Waals surface area contributed by atoms with Crippen LogP contribution in [0.1, 0.15) is 94.0 Å². The van der Waals surface area contributed by atoms with Gasteiger partial charge in [0.25, 0.3) is 18.2 Å². The molecule has 9 rings (SSSR count). The third-order valence-corrected chi connectivity index (χ3v) is 20.8. The third-order valence-electron chi connectivity index (χ3n) is 19.4. The molecule has 7 amide bonds. The van der Waals surface area contributed by atoms with E-state index in [4.69, 9.17) is 14.2 Å². The molecule has 3 aromatic carbocycles. The van der Waals surface area contributed by atoms with Gasteiger partial charge in [0.1, 0.15) is 46.3 Å². The summed E-state index contributed by atoms with van der Waals surface area (Å²) in [5.41, 5.74) is 2.60. The second kappa shape index (κ2) is 34.9. The summed E-state index contributed by atoms with van der Waals surface area (Å²) in [4.78, 5) is 107. The molecule has 34 heteroatoms. The fraction of sp³-hybridized carbons (Fsp3) is 0.585. The maximum Gasteiger partial charge on any atom is 0.261 e. The standard InChI is InChI=1S/C65H89N11O21S2/c1-34-30-76-54(55(34)85)60(90)67-29-43(80)27-45(68-56(86)37-10-12-38(13-11-37)61-72-73-62(98-61)39-14-16-42(17-15-39)74-23-20-65(94-3,21-24-74)40-7-5-4-6-8-40)57(87)69-51(35(2)79)63(91)75-31-44(81)28-46(75)58(88)70-52(49(84)25-36-9-18-47(82)50(26-36)95-99-97-96-93)59(89)71-53(64(76)92)48(83)19-22-66-41(32-77)33-78/h9-18,26,34-35,40-41,43-46,48-49,51-55,66,77-85,93H,4-8,19-25,27-33H2,1-3H3,(H,67,90)(H,68,86)(H,69,87)(H,70,88)(H,71,89)/t34-,35+,43+,44+,45-,46-,48+,49+,51-,52-,53-,54-,55-/m0/s1. The summed E-state index contributed by atoms with van der Waals surface area (Å²) in [7, 11) is 1.85. The monoisotopic (exact) mass is 1420 g/mol. The number of benzene rings is 3. The minimum atomic E-state index is -2.16. The van der Waals surface area contributed by atoms with E-state index in [-0.39, 0.29) is 47.9 Å². The van der Waals surface area contributed by atoms with Crippen molar-refractivity contribution < 1.29 is 103 Å². The van der Waals surface area contributed by atoms with E-state index in [0.29, 0.717) is 21.5 Å². The fourth-order valence-corrected chi connectivity index (χ4v) is 14.8. The van der Waals surface area contributed by atoms with Gasteiger partial charge in [-0.05, 0) is 106 Å². The molecule has 4 aromatic rings.